The summed E-state index contributed by atoms with van der Waals surface area (Å²) in [4.78, 5) is 11.9. The van der Waals surface area contributed by atoms with Crippen molar-refractivity contribution in [2.45, 2.75) is 52.4 Å². The minimum absolute atomic E-state index is 0.0855. The molecule has 18 heavy (non-hydrogen) atoms. The lowest BCUT2D eigenvalue weighted by Crippen LogP contribution is -2.34. The highest BCUT2D eigenvalue weighted by molar-refractivity contribution is 5.86. The van der Waals surface area contributed by atoms with Crippen LogP contribution in [0.2, 0.25) is 0 Å². The van der Waals surface area contributed by atoms with E-state index < -0.39 is 0 Å². The second-order valence-corrected chi connectivity index (χ2v) is 5.65. The number of hydrogen-bond donors (Lipinski definition) is 1. The first kappa shape index (κ1) is 15.2. The summed E-state index contributed by atoms with van der Waals surface area (Å²) in [5.41, 5.74) is 2.09. The normalized spacial score (nSPS) is 28.5. The Morgan fingerprint density at radius 3 is 2.22 bits per heavy atom. The van der Waals surface area contributed by atoms with Crippen LogP contribution in [0.15, 0.2) is 24.3 Å². The van der Waals surface area contributed by atoms with Crippen LogP contribution in [-0.4, -0.2) is 17.5 Å². The van der Waals surface area contributed by atoms with Gasteiger partial charge in [0.05, 0.1) is 5.92 Å². The molecule has 0 amide bonds. The SMILES string of the molecule is C=C1CC(CCC)(CCO)CC(=C)C1C(=O)CC. The summed E-state index contributed by atoms with van der Waals surface area (Å²) in [6, 6.07) is 0. The lowest BCUT2D eigenvalue weighted by Gasteiger charge is -2.42. The number of Topliss-reactive ketones (excluding diaryl/α,β-unsaturated/α-hetero) is 1. The summed E-state index contributed by atoms with van der Waals surface area (Å²) < 4.78 is 0. The van der Waals surface area contributed by atoms with Gasteiger partial charge in [-0.3, -0.25) is 4.79 Å². The van der Waals surface area contributed by atoms with E-state index in [0.29, 0.717) is 6.42 Å². The van der Waals surface area contributed by atoms with E-state index in [1.165, 1.54) is 0 Å². The van der Waals surface area contributed by atoms with E-state index in [2.05, 4.69) is 20.1 Å². The molecule has 2 nitrogen and oxygen atoms in total. The maximum atomic E-state index is 11.9. The molecule has 0 aromatic heterocycles. The predicted octanol–water partition coefficient (Wildman–Crippen LogP) is 3.66. The molecule has 0 aromatic rings. The van der Waals surface area contributed by atoms with E-state index in [1.807, 2.05) is 6.92 Å². The van der Waals surface area contributed by atoms with Crippen molar-refractivity contribution in [2.24, 2.45) is 11.3 Å². The summed E-state index contributed by atoms with van der Waals surface area (Å²) >= 11 is 0. The fourth-order valence-corrected chi connectivity index (χ4v) is 3.42. The molecule has 0 atom stereocenters. The standard InChI is InChI=1S/C16H26O2/c1-5-7-16(8-9-17)10-12(3)15(13(4)11-16)14(18)6-2/h15,17H,3-11H2,1-2H3. The number of rotatable bonds is 6. The molecule has 0 radical (unpaired) electrons. The first-order valence-corrected chi connectivity index (χ1v) is 6.98. The van der Waals surface area contributed by atoms with Gasteiger partial charge in [-0.2, -0.15) is 0 Å². The summed E-state index contributed by atoms with van der Waals surface area (Å²) in [6.07, 6.45) is 5.20. The monoisotopic (exact) mass is 250 g/mol. The predicted molar refractivity (Wildman–Crippen MR) is 75.3 cm³/mol. The first-order valence-electron chi connectivity index (χ1n) is 6.98. The number of hydrogen-bond acceptors (Lipinski definition) is 2. The van der Waals surface area contributed by atoms with E-state index >= 15 is 0 Å². The van der Waals surface area contributed by atoms with Gasteiger partial charge < -0.3 is 5.11 Å². The molecule has 0 heterocycles. The third-order valence-corrected chi connectivity index (χ3v) is 4.11. The van der Waals surface area contributed by atoms with Crippen molar-refractivity contribution in [1.29, 1.82) is 0 Å². The van der Waals surface area contributed by atoms with Crippen molar-refractivity contribution in [1.82, 2.24) is 0 Å². The molecule has 1 aliphatic rings. The zero-order valence-corrected chi connectivity index (χ0v) is 11.8. The number of aliphatic hydroxyl groups excluding tert-OH is 1. The molecule has 1 N–H and O–H groups in total. The number of carbonyl (C=O) groups is 1. The summed E-state index contributed by atoms with van der Waals surface area (Å²) in [7, 11) is 0. The van der Waals surface area contributed by atoms with E-state index in [0.717, 1.165) is 43.3 Å². The molecule has 1 rings (SSSR count). The van der Waals surface area contributed by atoms with Crippen LogP contribution >= 0.6 is 0 Å². The fraction of sp³-hybridized carbons (Fsp3) is 0.688. The zero-order valence-electron chi connectivity index (χ0n) is 11.8. The molecule has 102 valence electrons. The second-order valence-electron chi connectivity index (χ2n) is 5.65. The van der Waals surface area contributed by atoms with Gasteiger partial charge in [0.1, 0.15) is 5.78 Å². The molecule has 0 aliphatic heterocycles. The molecule has 1 fully saturated rings. The van der Waals surface area contributed by atoms with E-state index in [-0.39, 0.29) is 23.7 Å². The number of ketones is 1. The lowest BCUT2D eigenvalue weighted by atomic mass is 9.62. The molecule has 0 aromatic carbocycles. The Bertz CT molecular complexity index is 315. The minimum atomic E-state index is -0.140. The van der Waals surface area contributed by atoms with E-state index in [9.17, 15) is 9.90 Å². The van der Waals surface area contributed by atoms with Crippen LogP contribution in [0.25, 0.3) is 0 Å². The van der Waals surface area contributed by atoms with E-state index in [1.54, 1.807) is 0 Å². The highest BCUT2D eigenvalue weighted by Crippen LogP contribution is 2.49. The third kappa shape index (κ3) is 3.11. The largest absolute Gasteiger partial charge is 0.396 e. The molecule has 1 saturated carbocycles. The van der Waals surface area contributed by atoms with Crippen LogP contribution in [0.4, 0.5) is 0 Å². The lowest BCUT2D eigenvalue weighted by molar-refractivity contribution is -0.121. The van der Waals surface area contributed by atoms with Crippen molar-refractivity contribution < 1.29 is 9.90 Å². The Kier molecular flexibility index (Phi) is 5.33. The van der Waals surface area contributed by atoms with Gasteiger partial charge in [-0.25, -0.2) is 0 Å². The summed E-state index contributed by atoms with van der Waals surface area (Å²) in [6.45, 7) is 12.5. The van der Waals surface area contributed by atoms with Gasteiger partial charge in [-0.1, -0.05) is 44.6 Å². The number of carbonyl (C=O) groups excluding carboxylic acids is 1. The van der Waals surface area contributed by atoms with Crippen LogP contribution in [0.1, 0.15) is 52.4 Å². The van der Waals surface area contributed by atoms with Gasteiger partial charge in [-0.05, 0) is 31.1 Å². The molecule has 0 unspecified atom stereocenters. The van der Waals surface area contributed by atoms with Crippen molar-refractivity contribution in [3.8, 4) is 0 Å². The maximum absolute atomic E-state index is 11.9. The molecule has 0 saturated heterocycles. The molecule has 0 spiro atoms. The van der Waals surface area contributed by atoms with Gasteiger partial charge in [0.15, 0.2) is 0 Å². The van der Waals surface area contributed by atoms with Crippen molar-refractivity contribution in [2.75, 3.05) is 6.61 Å². The van der Waals surface area contributed by atoms with E-state index in [4.69, 9.17) is 0 Å². The molecule has 0 bridgehead atoms. The van der Waals surface area contributed by atoms with Crippen molar-refractivity contribution >= 4 is 5.78 Å². The average molecular weight is 250 g/mol. The maximum Gasteiger partial charge on any atom is 0.143 e. The van der Waals surface area contributed by atoms with Crippen molar-refractivity contribution in [3.05, 3.63) is 24.3 Å². The molecular formula is C16H26O2. The van der Waals surface area contributed by atoms with Crippen LogP contribution in [0.3, 0.4) is 0 Å². The molecule has 1 aliphatic carbocycles. The number of allylic oxidation sites excluding steroid dienone is 2. The van der Waals surface area contributed by atoms with Gasteiger partial charge in [0.25, 0.3) is 0 Å². The van der Waals surface area contributed by atoms with Crippen LogP contribution < -0.4 is 0 Å². The number of aliphatic hydroxyl groups is 1. The van der Waals surface area contributed by atoms with Crippen molar-refractivity contribution in [3.63, 3.8) is 0 Å². The highest BCUT2D eigenvalue weighted by atomic mass is 16.3. The Morgan fingerprint density at radius 1 is 1.28 bits per heavy atom. The fourth-order valence-electron chi connectivity index (χ4n) is 3.42. The van der Waals surface area contributed by atoms with Gasteiger partial charge >= 0.3 is 0 Å². The Balaban J connectivity index is 2.90. The second kappa shape index (κ2) is 6.33. The van der Waals surface area contributed by atoms with Crippen LogP contribution in [-0.2, 0) is 4.79 Å². The Labute approximate surface area is 111 Å². The zero-order chi connectivity index (χ0) is 13.8. The summed E-state index contributed by atoms with van der Waals surface area (Å²) in [5, 5.41) is 9.28. The quantitative estimate of drug-likeness (QED) is 0.730. The topological polar surface area (TPSA) is 37.3 Å². The first-order chi connectivity index (χ1) is 8.49. The Morgan fingerprint density at radius 2 is 1.83 bits per heavy atom. The highest BCUT2D eigenvalue weighted by Gasteiger charge is 2.39. The summed E-state index contributed by atoms with van der Waals surface area (Å²) in [5.74, 6) is 0.0952. The molecular weight excluding hydrogens is 224 g/mol. The average Bonchev–Trinajstić information content (AvgIpc) is 2.28. The minimum Gasteiger partial charge on any atom is -0.396 e. The third-order valence-electron chi connectivity index (χ3n) is 4.11. The van der Waals surface area contributed by atoms with Crippen LogP contribution in [0, 0.1) is 11.3 Å². The van der Waals surface area contributed by atoms with Gasteiger partial charge in [-0.15, -0.1) is 0 Å². The van der Waals surface area contributed by atoms with Gasteiger partial charge in [0.2, 0.25) is 0 Å². The van der Waals surface area contributed by atoms with Gasteiger partial charge in [0, 0.05) is 13.0 Å². The molecule has 2 heteroatoms. The van der Waals surface area contributed by atoms with Crippen LogP contribution in [0.5, 0.6) is 0 Å². The smallest absolute Gasteiger partial charge is 0.143 e. The Hall–Kier alpha value is -0.890.